The van der Waals surface area contributed by atoms with Crippen molar-refractivity contribution in [3.8, 4) is 0 Å². The highest BCUT2D eigenvalue weighted by atomic mass is 16.2. The average molecular weight is 246 g/mol. The first-order valence-corrected chi connectivity index (χ1v) is 5.63. The van der Waals surface area contributed by atoms with Crippen LogP contribution in [-0.4, -0.2) is 34.3 Å². The fourth-order valence-corrected chi connectivity index (χ4v) is 1.64. The first kappa shape index (κ1) is 12.1. The van der Waals surface area contributed by atoms with E-state index in [0.717, 1.165) is 0 Å². The number of carbonyl (C=O) groups is 2. The molecule has 0 fully saturated rings. The number of amides is 2. The summed E-state index contributed by atoms with van der Waals surface area (Å²) in [6.45, 7) is 2.24. The van der Waals surface area contributed by atoms with Crippen LogP contribution in [0.2, 0.25) is 0 Å². The summed E-state index contributed by atoms with van der Waals surface area (Å²) in [6.07, 6.45) is 5.25. The Balaban J connectivity index is 2.00. The molecule has 0 bridgehead atoms. The van der Waals surface area contributed by atoms with Gasteiger partial charge in [-0.15, -0.1) is 0 Å². The van der Waals surface area contributed by atoms with Crippen molar-refractivity contribution in [2.24, 2.45) is 0 Å². The molecule has 94 valence electrons. The van der Waals surface area contributed by atoms with Crippen molar-refractivity contribution in [2.75, 3.05) is 13.1 Å². The standard InChI is InChI=1S/C12H14N4O2/c1-9(17)13-4-5-15-12(18)10-3-2-7-16-8-6-14-11(10)16/h2-3,6-8H,4-5H2,1H3,(H,13,17)(H,15,18). The number of hydrogen-bond donors (Lipinski definition) is 2. The molecule has 0 aromatic carbocycles. The van der Waals surface area contributed by atoms with Crippen molar-refractivity contribution in [1.29, 1.82) is 0 Å². The molecule has 18 heavy (non-hydrogen) atoms. The summed E-state index contributed by atoms with van der Waals surface area (Å²) in [6, 6.07) is 3.51. The molecule has 0 aliphatic heterocycles. The quantitative estimate of drug-likeness (QED) is 0.757. The molecule has 2 aromatic heterocycles. The van der Waals surface area contributed by atoms with Crippen LogP contribution in [0.1, 0.15) is 17.3 Å². The topological polar surface area (TPSA) is 75.5 Å². The third-order valence-corrected chi connectivity index (χ3v) is 2.45. The first-order chi connectivity index (χ1) is 8.68. The smallest absolute Gasteiger partial charge is 0.255 e. The van der Waals surface area contributed by atoms with E-state index < -0.39 is 0 Å². The average Bonchev–Trinajstić information content (AvgIpc) is 2.82. The number of pyridine rings is 1. The van der Waals surface area contributed by atoms with Crippen molar-refractivity contribution in [1.82, 2.24) is 20.0 Å². The van der Waals surface area contributed by atoms with Crippen LogP contribution in [0.5, 0.6) is 0 Å². The second-order valence-electron chi connectivity index (χ2n) is 3.82. The van der Waals surface area contributed by atoms with Crippen molar-refractivity contribution >= 4 is 17.5 Å². The summed E-state index contributed by atoms with van der Waals surface area (Å²) in [5.41, 5.74) is 1.14. The maximum Gasteiger partial charge on any atom is 0.255 e. The number of fused-ring (bicyclic) bond motifs is 1. The molecule has 2 rings (SSSR count). The van der Waals surface area contributed by atoms with E-state index in [2.05, 4.69) is 15.6 Å². The maximum atomic E-state index is 11.9. The number of aromatic nitrogens is 2. The van der Waals surface area contributed by atoms with Gasteiger partial charge in [0.2, 0.25) is 5.91 Å². The van der Waals surface area contributed by atoms with Gasteiger partial charge in [0.25, 0.3) is 5.91 Å². The van der Waals surface area contributed by atoms with Crippen LogP contribution in [0.3, 0.4) is 0 Å². The Morgan fingerprint density at radius 2 is 2.06 bits per heavy atom. The lowest BCUT2D eigenvalue weighted by atomic mass is 10.2. The van der Waals surface area contributed by atoms with Crippen LogP contribution < -0.4 is 10.6 Å². The summed E-state index contributed by atoms with van der Waals surface area (Å²) in [5.74, 6) is -0.309. The fourth-order valence-electron chi connectivity index (χ4n) is 1.64. The Bertz CT molecular complexity index is 576. The van der Waals surface area contributed by atoms with Crippen molar-refractivity contribution < 1.29 is 9.59 Å². The highest BCUT2D eigenvalue weighted by molar-refractivity contribution is 5.99. The molecule has 0 saturated carbocycles. The zero-order valence-electron chi connectivity index (χ0n) is 10.0. The summed E-state index contributed by atoms with van der Waals surface area (Å²) in [7, 11) is 0. The third-order valence-electron chi connectivity index (χ3n) is 2.45. The van der Waals surface area contributed by atoms with E-state index in [-0.39, 0.29) is 11.8 Å². The Kier molecular flexibility index (Phi) is 3.57. The summed E-state index contributed by atoms with van der Waals surface area (Å²) in [5, 5.41) is 5.34. The van der Waals surface area contributed by atoms with Crippen LogP contribution in [0.15, 0.2) is 30.7 Å². The van der Waals surface area contributed by atoms with Gasteiger partial charge in [0.05, 0.1) is 5.56 Å². The van der Waals surface area contributed by atoms with Crippen LogP contribution in [0.25, 0.3) is 5.65 Å². The molecule has 0 aliphatic rings. The molecule has 0 spiro atoms. The second-order valence-corrected chi connectivity index (χ2v) is 3.82. The predicted octanol–water partition coefficient (Wildman–Crippen LogP) is 0.200. The molecule has 2 N–H and O–H groups in total. The normalized spacial score (nSPS) is 10.3. The molecule has 0 unspecified atom stereocenters. The van der Waals surface area contributed by atoms with Gasteiger partial charge in [0.1, 0.15) is 5.65 Å². The minimum atomic E-state index is -0.197. The number of nitrogens with one attached hydrogen (secondary N) is 2. The van der Waals surface area contributed by atoms with E-state index in [1.165, 1.54) is 6.92 Å². The molecule has 6 nitrogen and oxygen atoms in total. The van der Waals surface area contributed by atoms with Gasteiger partial charge in [-0.25, -0.2) is 4.98 Å². The van der Waals surface area contributed by atoms with Crippen LogP contribution in [0, 0.1) is 0 Å². The zero-order valence-corrected chi connectivity index (χ0v) is 10.0. The van der Waals surface area contributed by atoms with Gasteiger partial charge in [-0.1, -0.05) is 0 Å². The van der Waals surface area contributed by atoms with Gasteiger partial charge in [0.15, 0.2) is 0 Å². The van der Waals surface area contributed by atoms with Crippen molar-refractivity contribution in [3.63, 3.8) is 0 Å². The van der Waals surface area contributed by atoms with E-state index in [1.807, 2.05) is 6.20 Å². The fraction of sp³-hybridized carbons (Fsp3) is 0.250. The van der Waals surface area contributed by atoms with E-state index in [0.29, 0.717) is 24.3 Å². The Labute approximate surface area is 104 Å². The van der Waals surface area contributed by atoms with Crippen molar-refractivity contribution in [2.45, 2.75) is 6.92 Å². The second kappa shape index (κ2) is 5.31. The monoisotopic (exact) mass is 246 g/mol. The molecular weight excluding hydrogens is 232 g/mol. The molecule has 2 heterocycles. The lowest BCUT2D eigenvalue weighted by Gasteiger charge is -2.06. The number of rotatable bonds is 4. The minimum absolute atomic E-state index is 0.111. The molecule has 0 atom stereocenters. The predicted molar refractivity (Wildman–Crippen MR) is 66.2 cm³/mol. The van der Waals surface area contributed by atoms with E-state index in [9.17, 15) is 9.59 Å². The van der Waals surface area contributed by atoms with Gasteiger partial charge in [0, 0.05) is 38.6 Å². The van der Waals surface area contributed by atoms with Gasteiger partial charge in [-0.2, -0.15) is 0 Å². The van der Waals surface area contributed by atoms with E-state index >= 15 is 0 Å². The largest absolute Gasteiger partial charge is 0.355 e. The van der Waals surface area contributed by atoms with Crippen LogP contribution in [-0.2, 0) is 4.79 Å². The van der Waals surface area contributed by atoms with E-state index in [1.54, 1.807) is 28.9 Å². The summed E-state index contributed by atoms with van der Waals surface area (Å²) in [4.78, 5) is 26.7. The van der Waals surface area contributed by atoms with Gasteiger partial charge in [-0.3, -0.25) is 9.59 Å². The first-order valence-electron chi connectivity index (χ1n) is 5.63. The minimum Gasteiger partial charge on any atom is -0.355 e. The number of imidazole rings is 1. The lowest BCUT2D eigenvalue weighted by Crippen LogP contribution is -2.33. The zero-order chi connectivity index (χ0) is 13.0. The molecule has 0 aliphatic carbocycles. The molecule has 6 heteroatoms. The van der Waals surface area contributed by atoms with Crippen LogP contribution >= 0.6 is 0 Å². The molecule has 2 aromatic rings. The van der Waals surface area contributed by atoms with E-state index in [4.69, 9.17) is 0 Å². The molecule has 2 amide bonds. The summed E-state index contributed by atoms with van der Waals surface area (Å²) < 4.78 is 1.78. The Morgan fingerprint density at radius 1 is 1.28 bits per heavy atom. The Morgan fingerprint density at radius 3 is 2.83 bits per heavy atom. The van der Waals surface area contributed by atoms with Gasteiger partial charge < -0.3 is 15.0 Å². The molecule has 0 radical (unpaired) electrons. The molecular formula is C12H14N4O2. The number of hydrogen-bond acceptors (Lipinski definition) is 3. The van der Waals surface area contributed by atoms with Crippen LogP contribution in [0.4, 0.5) is 0 Å². The lowest BCUT2D eigenvalue weighted by molar-refractivity contribution is -0.118. The SMILES string of the molecule is CC(=O)NCCNC(=O)c1cccn2ccnc12. The maximum absolute atomic E-state index is 11.9. The van der Waals surface area contributed by atoms with Gasteiger partial charge in [-0.05, 0) is 12.1 Å². The van der Waals surface area contributed by atoms with Crippen molar-refractivity contribution in [3.05, 3.63) is 36.3 Å². The highest BCUT2D eigenvalue weighted by Crippen LogP contribution is 2.07. The Hall–Kier alpha value is -2.37. The molecule has 0 saturated heterocycles. The number of carbonyl (C=O) groups excluding carboxylic acids is 2. The summed E-state index contributed by atoms with van der Waals surface area (Å²) >= 11 is 0. The number of nitrogens with zero attached hydrogens (tertiary/aromatic N) is 2. The van der Waals surface area contributed by atoms with Gasteiger partial charge >= 0.3 is 0 Å². The third kappa shape index (κ3) is 2.65. The highest BCUT2D eigenvalue weighted by Gasteiger charge is 2.10.